The minimum Gasteiger partial charge on any atom is -0.325 e. The third-order valence-corrected chi connectivity index (χ3v) is 3.29. The Morgan fingerprint density at radius 1 is 1.28 bits per heavy atom. The van der Waals surface area contributed by atoms with E-state index in [9.17, 15) is 4.79 Å². The van der Waals surface area contributed by atoms with E-state index >= 15 is 0 Å². The molecule has 0 aliphatic carbocycles. The van der Waals surface area contributed by atoms with Crippen molar-refractivity contribution in [3.63, 3.8) is 0 Å². The van der Waals surface area contributed by atoms with Crippen LogP contribution in [0.25, 0.3) is 0 Å². The maximum atomic E-state index is 12.0. The van der Waals surface area contributed by atoms with Gasteiger partial charge in [-0.1, -0.05) is 19.1 Å². The molecule has 1 amide bonds. The van der Waals surface area contributed by atoms with Crippen LogP contribution in [0, 0.1) is 0 Å². The number of anilines is 1. The Kier molecular flexibility index (Phi) is 4.33. The lowest BCUT2D eigenvalue weighted by molar-refractivity contribution is -0.118. The van der Waals surface area contributed by atoms with Crippen molar-refractivity contribution in [2.75, 3.05) is 18.4 Å². The largest absolute Gasteiger partial charge is 0.325 e. The highest BCUT2D eigenvalue weighted by Gasteiger charge is 2.22. The molecule has 18 heavy (non-hydrogen) atoms. The first-order valence-electron chi connectivity index (χ1n) is 6.55. The van der Waals surface area contributed by atoms with Gasteiger partial charge in [-0.15, -0.1) is 0 Å². The molecule has 0 bridgehead atoms. The smallest absolute Gasteiger partial charge is 0.242 e. The minimum absolute atomic E-state index is 0.0265. The fourth-order valence-corrected chi connectivity index (χ4v) is 2.02. The van der Waals surface area contributed by atoms with Crippen LogP contribution in [0.15, 0.2) is 24.3 Å². The number of rotatable bonds is 3. The predicted octanol–water partition coefficient (Wildman–Crippen LogP) is 1.14. The van der Waals surface area contributed by atoms with Gasteiger partial charge in [0, 0.05) is 24.8 Å². The molecule has 0 radical (unpaired) electrons. The second-order valence-corrected chi connectivity index (χ2v) is 4.81. The summed E-state index contributed by atoms with van der Waals surface area (Å²) in [6.07, 6.45) is 1.01. The highest BCUT2D eigenvalue weighted by atomic mass is 16.2. The molecule has 1 aliphatic heterocycles. The molecule has 1 fully saturated rings. The summed E-state index contributed by atoms with van der Waals surface area (Å²) in [5, 5.41) is 9.47. The average molecular weight is 247 g/mol. The zero-order valence-corrected chi connectivity index (χ0v) is 11.0. The first-order valence-corrected chi connectivity index (χ1v) is 6.55. The Hall–Kier alpha value is -1.39. The van der Waals surface area contributed by atoms with Crippen molar-refractivity contribution in [3.05, 3.63) is 29.8 Å². The summed E-state index contributed by atoms with van der Waals surface area (Å²) in [6.45, 7) is 5.73. The maximum Gasteiger partial charge on any atom is 0.242 e. The van der Waals surface area contributed by atoms with E-state index in [1.807, 2.05) is 24.3 Å². The molecule has 4 nitrogen and oxygen atoms in total. The molecule has 2 unspecified atom stereocenters. The van der Waals surface area contributed by atoms with Gasteiger partial charge < -0.3 is 16.0 Å². The predicted molar refractivity (Wildman–Crippen MR) is 73.7 cm³/mol. The molecule has 1 aliphatic rings. The van der Waals surface area contributed by atoms with Crippen LogP contribution in [0.3, 0.4) is 0 Å². The molecule has 1 heterocycles. The normalized spacial score (nSPS) is 23.7. The van der Waals surface area contributed by atoms with Crippen LogP contribution >= 0.6 is 0 Å². The van der Waals surface area contributed by atoms with E-state index in [-0.39, 0.29) is 11.9 Å². The van der Waals surface area contributed by atoms with E-state index in [0.29, 0.717) is 12.6 Å². The summed E-state index contributed by atoms with van der Waals surface area (Å²) >= 11 is 0. The van der Waals surface area contributed by atoms with Crippen molar-refractivity contribution in [3.8, 4) is 0 Å². The first kappa shape index (κ1) is 13.1. The number of nitrogens with one attached hydrogen (secondary N) is 3. The van der Waals surface area contributed by atoms with Crippen molar-refractivity contribution in [1.82, 2.24) is 10.6 Å². The van der Waals surface area contributed by atoms with Crippen molar-refractivity contribution < 1.29 is 4.79 Å². The third-order valence-electron chi connectivity index (χ3n) is 3.29. The number of carbonyl (C=O) groups excluding carboxylic acids is 1. The Morgan fingerprint density at radius 3 is 2.56 bits per heavy atom. The SMILES string of the molecule is CCc1ccc(NC(=O)C2CNC(C)CN2)cc1. The number of carbonyl (C=O) groups is 1. The molecule has 2 rings (SSSR count). The summed E-state index contributed by atoms with van der Waals surface area (Å²) < 4.78 is 0. The van der Waals surface area contributed by atoms with Crippen molar-refractivity contribution in [2.45, 2.75) is 32.4 Å². The van der Waals surface area contributed by atoms with Gasteiger partial charge in [0.05, 0.1) is 6.04 Å². The molecule has 0 spiro atoms. The van der Waals surface area contributed by atoms with E-state index < -0.39 is 0 Å². The summed E-state index contributed by atoms with van der Waals surface area (Å²) in [6, 6.07) is 8.28. The molecule has 2 atom stereocenters. The lowest BCUT2D eigenvalue weighted by Crippen LogP contribution is -2.57. The fraction of sp³-hybridized carbons (Fsp3) is 0.500. The Morgan fingerprint density at radius 2 is 2.00 bits per heavy atom. The van der Waals surface area contributed by atoms with Crippen LogP contribution in [-0.2, 0) is 11.2 Å². The quantitative estimate of drug-likeness (QED) is 0.750. The standard InChI is InChI=1S/C14H21N3O/c1-3-11-4-6-12(7-5-11)17-14(18)13-9-15-10(2)8-16-13/h4-7,10,13,15-16H,3,8-9H2,1-2H3,(H,17,18). The van der Waals surface area contributed by atoms with E-state index in [0.717, 1.165) is 18.7 Å². The van der Waals surface area contributed by atoms with Gasteiger partial charge in [0.2, 0.25) is 5.91 Å². The molecule has 0 saturated carbocycles. The van der Waals surface area contributed by atoms with Crippen molar-refractivity contribution >= 4 is 11.6 Å². The van der Waals surface area contributed by atoms with E-state index in [2.05, 4.69) is 29.8 Å². The number of aryl methyl sites for hydroxylation is 1. The summed E-state index contributed by atoms with van der Waals surface area (Å²) in [7, 11) is 0. The molecular formula is C14H21N3O. The van der Waals surface area contributed by atoms with Crippen LogP contribution in [0.1, 0.15) is 19.4 Å². The van der Waals surface area contributed by atoms with Crippen LogP contribution < -0.4 is 16.0 Å². The van der Waals surface area contributed by atoms with Crippen LogP contribution in [0.5, 0.6) is 0 Å². The lowest BCUT2D eigenvalue weighted by atomic mass is 10.1. The van der Waals surface area contributed by atoms with Crippen molar-refractivity contribution in [1.29, 1.82) is 0 Å². The summed E-state index contributed by atoms with van der Waals surface area (Å²) in [5.41, 5.74) is 2.14. The van der Waals surface area contributed by atoms with E-state index in [1.54, 1.807) is 0 Å². The van der Waals surface area contributed by atoms with E-state index in [1.165, 1.54) is 5.56 Å². The zero-order chi connectivity index (χ0) is 13.0. The van der Waals surface area contributed by atoms with Gasteiger partial charge in [0.15, 0.2) is 0 Å². The summed E-state index contributed by atoms with van der Waals surface area (Å²) in [4.78, 5) is 12.0. The van der Waals surface area contributed by atoms with Gasteiger partial charge in [-0.05, 0) is 31.0 Å². The molecule has 1 aromatic carbocycles. The van der Waals surface area contributed by atoms with Gasteiger partial charge in [0.25, 0.3) is 0 Å². The number of hydrogen-bond acceptors (Lipinski definition) is 3. The number of hydrogen-bond donors (Lipinski definition) is 3. The molecule has 1 saturated heterocycles. The van der Waals surface area contributed by atoms with Gasteiger partial charge >= 0.3 is 0 Å². The highest BCUT2D eigenvalue weighted by molar-refractivity contribution is 5.95. The van der Waals surface area contributed by atoms with Crippen molar-refractivity contribution in [2.24, 2.45) is 0 Å². The number of piperazine rings is 1. The number of amides is 1. The van der Waals surface area contributed by atoms with Gasteiger partial charge in [-0.3, -0.25) is 4.79 Å². The van der Waals surface area contributed by atoms with Gasteiger partial charge in [-0.2, -0.15) is 0 Å². The molecule has 0 aromatic heterocycles. The van der Waals surface area contributed by atoms with Crippen LogP contribution in [0.4, 0.5) is 5.69 Å². The van der Waals surface area contributed by atoms with Crippen LogP contribution in [-0.4, -0.2) is 31.1 Å². The Balaban J connectivity index is 1.90. The molecular weight excluding hydrogens is 226 g/mol. The van der Waals surface area contributed by atoms with Gasteiger partial charge in [0.1, 0.15) is 0 Å². The molecule has 1 aromatic rings. The van der Waals surface area contributed by atoms with Gasteiger partial charge in [-0.25, -0.2) is 0 Å². The second kappa shape index (κ2) is 5.98. The van der Waals surface area contributed by atoms with E-state index in [4.69, 9.17) is 0 Å². The second-order valence-electron chi connectivity index (χ2n) is 4.81. The maximum absolute atomic E-state index is 12.0. The zero-order valence-electron chi connectivity index (χ0n) is 11.0. The lowest BCUT2D eigenvalue weighted by Gasteiger charge is -2.28. The van der Waals surface area contributed by atoms with Crippen LogP contribution in [0.2, 0.25) is 0 Å². The minimum atomic E-state index is -0.146. The Bertz CT molecular complexity index is 394. The average Bonchev–Trinajstić information content (AvgIpc) is 2.40. The first-order chi connectivity index (χ1) is 8.69. The molecule has 3 N–H and O–H groups in total. The molecule has 98 valence electrons. The number of benzene rings is 1. The molecule has 4 heteroatoms. The summed E-state index contributed by atoms with van der Waals surface area (Å²) in [5.74, 6) is 0.0265. The Labute approximate surface area is 108 Å². The third kappa shape index (κ3) is 3.31. The topological polar surface area (TPSA) is 53.2 Å². The fourth-order valence-electron chi connectivity index (χ4n) is 2.02. The highest BCUT2D eigenvalue weighted by Crippen LogP contribution is 2.10. The monoisotopic (exact) mass is 247 g/mol.